The third-order valence-electron chi connectivity index (χ3n) is 7.76. The molecule has 0 saturated carbocycles. The number of benzene rings is 3. The minimum Gasteiger partial charge on any atom is -0.465 e. The number of oxazole rings is 1. The minimum atomic E-state index is -1.34. The molecule has 3 aromatic carbocycles. The van der Waals surface area contributed by atoms with E-state index in [-0.39, 0.29) is 30.3 Å². The third-order valence-corrected chi connectivity index (χ3v) is 7.76. The number of amides is 3. The molecule has 3 amide bonds. The van der Waals surface area contributed by atoms with Crippen LogP contribution in [0, 0.1) is 5.92 Å². The van der Waals surface area contributed by atoms with E-state index in [0.29, 0.717) is 13.0 Å². The average Bonchev–Trinajstić information content (AvgIpc) is 3.56. The molecule has 10 nitrogen and oxygen atoms in total. The highest BCUT2D eigenvalue weighted by Gasteiger charge is 2.31. The summed E-state index contributed by atoms with van der Waals surface area (Å²) >= 11 is 0. The number of carbonyl (C=O) groups excluding carboxylic acids is 3. The van der Waals surface area contributed by atoms with Gasteiger partial charge in [-0.05, 0) is 54.7 Å². The summed E-state index contributed by atoms with van der Waals surface area (Å²) in [6, 6.07) is 26.7. The second-order valence-corrected chi connectivity index (χ2v) is 11.5. The normalized spacial score (nSPS) is 12.8. The zero-order chi connectivity index (χ0) is 32.9. The smallest absolute Gasteiger partial charge is 0.405 e. The highest BCUT2D eigenvalue weighted by Crippen LogP contribution is 2.17. The highest BCUT2D eigenvalue weighted by molar-refractivity contribution is 6.00. The summed E-state index contributed by atoms with van der Waals surface area (Å²) in [5.74, 6) is -1.96. The number of hydrogen-bond acceptors (Lipinski definition) is 6. The standard InChI is InChI=1S/C36H40N4O6/c1-25(18-19-26-12-6-3-7-13-26)22-30(39-36(44)45)33(42)37-29(21-20-27-14-8-4-9-15-27)32(41)34-38-31(24-46-34)35(43)40(2)23-28-16-10-5-11-17-28/h3-17,24-25,29-30,39H,18-23H2,1-2H3,(H,37,42)(H,44,45). The van der Waals surface area contributed by atoms with Gasteiger partial charge in [-0.15, -0.1) is 0 Å². The number of rotatable bonds is 16. The molecule has 46 heavy (non-hydrogen) atoms. The van der Waals surface area contributed by atoms with E-state index in [1.807, 2.05) is 97.9 Å². The molecule has 240 valence electrons. The Balaban J connectivity index is 1.47. The topological polar surface area (TPSA) is 142 Å². The number of nitrogens with one attached hydrogen (secondary N) is 2. The van der Waals surface area contributed by atoms with Crippen LogP contribution in [0.15, 0.2) is 102 Å². The molecule has 3 N–H and O–H groups in total. The van der Waals surface area contributed by atoms with Crippen LogP contribution in [-0.4, -0.2) is 57.8 Å². The molecule has 1 heterocycles. The maximum absolute atomic E-state index is 13.7. The van der Waals surface area contributed by atoms with Crippen molar-refractivity contribution in [2.45, 2.75) is 57.7 Å². The SMILES string of the molecule is CC(CCc1ccccc1)CC(NC(=O)O)C(=O)NC(CCc1ccccc1)C(=O)c1nc(C(=O)N(C)Cc2ccccc2)co1. The second-order valence-electron chi connectivity index (χ2n) is 11.5. The molecular weight excluding hydrogens is 584 g/mol. The molecule has 4 rings (SSSR count). The zero-order valence-corrected chi connectivity index (χ0v) is 26.1. The number of ketones is 1. The van der Waals surface area contributed by atoms with E-state index in [2.05, 4.69) is 15.6 Å². The Morgan fingerprint density at radius 2 is 1.33 bits per heavy atom. The van der Waals surface area contributed by atoms with E-state index in [9.17, 15) is 24.3 Å². The van der Waals surface area contributed by atoms with E-state index >= 15 is 0 Å². The molecule has 0 aliphatic carbocycles. The van der Waals surface area contributed by atoms with Crippen LogP contribution in [-0.2, 0) is 24.2 Å². The first kappa shape index (κ1) is 33.6. The summed E-state index contributed by atoms with van der Waals surface area (Å²) < 4.78 is 5.46. The fourth-order valence-electron chi connectivity index (χ4n) is 5.21. The number of aromatic nitrogens is 1. The number of carboxylic acid groups (broad SMARTS) is 1. The summed E-state index contributed by atoms with van der Waals surface area (Å²) in [6.07, 6.45) is 2.24. The van der Waals surface area contributed by atoms with Gasteiger partial charge in [-0.2, -0.15) is 0 Å². The van der Waals surface area contributed by atoms with E-state index in [4.69, 9.17) is 4.42 Å². The summed E-state index contributed by atoms with van der Waals surface area (Å²) in [4.78, 5) is 57.6. The van der Waals surface area contributed by atoms with Crippen molar-refractivity contribution < 1.29 is 28.7 Å². The van der Waals surface area contributed by atoms with Crippen LogP contribution < -0.4 is 10.6 Å². The molecule has 1 aromatic heterocycles. The first-order chi connectivity index (χ1) is 22.2. The molecule has 3 atom stereocenters. The Morgan fingerprint density at radius 3 is 1.89 bits per heavy atom. The maximum Gasteiger partial charge on any atom is 0.405 e. The summed E-state index contributed by atoms with van der Waals surface area (Å²) in [6.45, 7) is 2.30. The van der Waals surface area contributed by atoms with E-state index in [0.717, 1.165) is 35.8 Å². The van der Waals surface area contributed by atoms with Crippen LogP contribution in [0.3, 0.4) is 0 Å². The summed E-state index contributed by atoms with van der Waals surface area (Å²) in [5, 5.41) is 14.6. The lowest BCUT2D eigenvalue weighted by Gasteiger charge is -2.23. The van der Waals surface area contributed by atoms with Gasteiger partial charge in [-0.1, -0.05) is 97.9 Å². The highest BCUT2D eigenvalue weighted by atomic mass is 16.4. The van der Waals surface area contributed by atoms with Crippen molar-refractivity contribution in [2.24, 2.45) is 5.92 Å². The number of nitrogens with zero attached hydrogens (tertiary/aromatic N) is 2. The molecule has 3 unspecified atom stereocenters. The molecule has 0 radical (unpaired) electrons. The number of aryl methyl sites for hydroxylation is 2. The molecule has 0 aliphatic rings. The quantitative estimate of drug-likeness (QED) is 0.139. The van der Waals surface area contributed by atoms with Gasteiger partial charge < -0.3 is 25.1 Å². The third kappa shape index (κ3) is 10.2. The summed E-state index contributed by atoms with van der Waals surface area (Å²) in [5.41, 5.74) is 3.01. The van der Waals surface area contributed by atoms with Gasteiger partial charge in [0.25, 0.3) is 11.8 Å². The molecule has 4 aromatic rings. The maximum atomic E-state index is 13.7. The lowest BCUT2D eigenvalue weighted by molar-refractivity contribution is -0.124. The molecule has 0 saturated heterocycles. The van der Waals surface area contributed by atoms with Crippen LogP contribution in [0.4, 0.5) is 4.79 Å². The Morgan fingerprint density at radius 1 is 0.783 bits per heavy atom. The molecular formula is C36H40N4O6. The van der Waals surface area contributed by atoms with E-state index < -0.39 is 35.8 Å². The first-order valence-corrected chi connectivity index (χ1v) is 15.4. The lowest BCUT2D eigenvalue weighted by atomic mass is 9.94. The monoisotopic (exact) mass is 624 g/mol. The Kier molecular flexibility index (Phi) is 12.2. The Bertz CT molecular complexity index is 1580. The molecule has 10 heteroatoms. The minimum absolute atomic E-state index is 0.00876. The van der Waals surface area contributed by atoms with Crippen molar-refractivity contribution in [2.75, 3.05) is 7.05 Å². The van der Waals surface area contributed by atoms with Crippen molar-refractivity contribution in [1.82, 2.24) is 20.5 Å². The zero-order valence-electron chi connectivity index (χ0n) is 26.1. The molecule has 0 fully saturated rings. The fourth-order valence-corrected chi connectivity index (χ4v) is 5.21. The van der Waals surface area contributed by atoms with Crippen molar-refractivity contribution in [3.63, 3.8) is 0 Å². The summed E-state index contributed by atoms with van der Waals surface area (Å²) in [7, 11) is 1.63. The van der Waals surface area contributed by atoms with Gasteiger partial charge in [-0.3, -0.25) is 14.4 Å². The van der Waals surface area contributed by atoms with E-state index in [1.165, 1.54) is 4.90 Å². The van der Waals surface area contributed by atoms with Gasteiger partial charge in [0, 0.05) is 13.6 Å². The Labute approximate surface area is 268 Å². The number of Topliss-reactive ketones (excluding diaryl/α,β-unsaturated/α-hetero) is 1. The molecule has 0 aliphatic heterocycles. The molecule has 0 spiro atoms. The number of hydrogen-bond donors (Lipinski definition) is 3. The van der Waals surface area contributed by atoms with Gasteiger partial charge in [0.1, 0.15) is 12.3 Å². The van der Waals surface area contributed by atoms with E-state index in [1.54, 1.807) is 7.05 Å². The number of carbonyl (C=O) groups is 4. The Hall–Kier alpha value is -5.25. The van der Waals surface area contributed by atoms with Gasteiger partial charge in [0.2, 0.25) is 11.7 Å². The molecule has 0 bridgehead atoms. The van der Waals surface area contributed by atoms with Crippen molar-refractivity contribution in [3.05, 3.63) is 126 Å². The van der Waals surface area contributed by atoms with Gasteiger partial charge >= 0.3 is 6.09 Å². The largest absolute Gasteiger partial charge is 0.465 e. The van der Waals surface area contributed by atoms with Crippen LogP contribution in [0.25, 0.3) is 0 Å². The van der Waals surface area contributed by atoms with Crippen LogP contribution >= 0.6 is 0 Å². The van der Waals surface area contributed by atoms with Crippen molar-refractivity contribution >= 4 is 23.7 Å². The fraction of sp³-hybridized carbons (Fsp3) is 0.306. The predicted octanol–water partition coefficient (Wildman–Crippen LogP) is 5.54. The van der Waals surface area contributed by atoms with Gasteiger partial charge in [0.05, 0.1) is 6.04 Å². The van der Waals surface area contributed by atoms with Gasteiger partial charge in [-0.25, -0.2) is 9.78 Å². The first-order valence-electron chi connectivity index (χ1n) is 15.4. The average molecular weight is 625 g/mol. The van der Waals surface area contributed by atoms with Crippen LogP contribution in [0.2, 0.25) is 0 Å². The lowest BCUT2D eigenvalue weighted by Crippen LogP contribution is -2.52. The van der Waals surface area contributed by atoms with Crippen LogP contribution in [0.5, 0.6) is 0 Å². The van der Waals surface area contributed by atoms with Crippen molar-refractivity contribution in [3.8, 4) is 0 Å². The van der Waals surface area contributed by atoms with Crippen LogP contribution in [0.1, 0.15) is 64.1 Å². The predicted molar refractivity (Wildman–Crippen MR) is 173 cm³/mol. The second kappa shape index (κ2) is 16.7. The van der Waals surface area contributed by atoms with Gasteiger partial charge in [0.15, 0.2) is 5.69 Å². The van der Waals surface area contributed by atoms with Crippen molar-refractivity contribution in [1.29, 1.82) is 0 Å².